The van der Waals surface area contributed by atoms with Crippen LogP contribution in [0.25, 0.3) is 10.2 Å². The van der Waals surface area contributed by atoms with Gasteiger partial charge >= 0.3 is 0 Å². The summed E-state index contributed by atoms with van der Waals surface area (Å²) < 4.78 is 1.15. The first-order chi connectivity index (χ1) is 9.36. The molecular formula is C15H14N2OS. The van der Waals surface area contributed by atoms with E-state index in [1.54, 1.807) is 11.3 Å². The number of nitrogens with one attached hydrogen (secondary N) is 1. The molecule has 0 aliphatic heterocycles. The highest BCUT2D eigenvalue weighted by Gasteiger charge is 2.12. The van der Waals surface area contributed by atoms with Crippen molar-refractivity contribution >= 4 is 26.7 Å². The van der Waals surface area contributed by atoms with E-state index in [1.807, 2.05) is 48.5 Å². The van der Waals surface area contributed by atoms with Crippen LogP contribution in [0.3, 0.4) is 0 Å². The van der Waals surface area contributed by atoms with Gasteiger partial charge in [-0.05, 0) is 17.7 Å². The maximum absolute atomic E-state index is 9.53. The monoisotopic (exact) mass is 270 g/mol. The highest BCUT2D eigenvalue weighted by Crippen LogP contribution is 2.28. The van der Waals surface area contributed by atoms with E-state index in [1.165, 1.54) is 0 Å². The molecule has 1 atom stereocenters. The lowest BCUT2D eigenvalue weighted by Gasteiger charge is -2.15. The van der Waals surface area contributed by atoms with E-state index < -0.39 is 0 Å². The van der Waals surface area contributed by atoms with Crippen molar-refractivity contribution in [1.82, 2.24) is 4.98 Å². The molecule has 1 unspecified atom stereocenters. The highest BCUT2D eigenvalue weighted by molar-refractivity contribution is 7.22. The molecule has 3 nitrogen and oxygen atoms in total. The Balaban J connectivity index is 1.86. The molecule has 0 aliphatic rings. The van der Waals surface area contributed by atoms with E-state index in [0.717, 1.165) is 20.9 Å². The number of hydrogen-bond acceptors (Lipinski definition) is 4. The van der Waals surface area contributed by atoms with Crippen molar-refractivity contribution in [2.24, 2.45) is 0 Å². The van der Waals surface area contributed by atoms with E-state index in [-0.39, 0.29) is 12.6 Å². The molecule has 1 aromatic heterocycles. The zero-order valence-electron chi connectivity index (χ0n) is 10.3. The fraction of sp³-hybridized carbons (Fsp3) is 0.133. The molecule has 0 amide bonds. The molecule has 0 aliphatic carbocycles. The van der Waals surface area contributed by atoms with Crippen LogP contribution in [0.4, 0.5) is 5.13 Å². The first kappa shape index (κ1) is 12.1. The third kappa shape index (κ3) is 2.59. The summed E-state index contributed by atoms with van der Waals surface area (Å²) in [5.41, 5.74) is 2.05. The molecule has 1 heterocycles. The minimum Gasteiger partial charge on any atom is -0.394 e. The van der Waals surface area contributed by atoms with E-state index >= 15 is 0 Å². The lowest BCUT2D eigenvalue weighted by atomic mass is 10.1. The lowest BCUT2D eigenvalue weighted by molar-refractivity contribution is 0.276. The normalized spacial score (nSPS) is 12.5. The van der Waals surface area contributed by atoms with E-state index in [4.69, 9.17) is 0 Å². The topological polar surface area (TPSA) is 45.1 Å². The van der Waals surface area contributed by atoms with Gasteiger partial charge in [-0.2, -0.15) is 0 Å². The van der Waals surface area contributed by atoms with Gasteiger partial charge in [0.2, 0.25) is 0 Å². The Bertz CT molecular complexity index is 633. The van der Waals surface area contributed by atoms with E-state index in [9.17, 15) is 5.11 Å². The molecule has 0 saturated carbocycles. The van der Waals surface area contributed by atoms with Crippen molar-refractivity contribution in [3.05, 3.63) is 60.2 Å². The van der Waals surface area contributed by atoms with Gasteiger partial charge in [0.1, 0.15) is 0 Å². The number of hydrogen-bond donors (Lipinski definition) is 2. The molecule has 2 N–H and O–H groups in total. The fourth-order valence-corrected chi connectivity index (χ4v) is 2.92. The standard InChI is InChI=1S/C15H14N2OS/c18-10-13(11-6-2-1-3-7-11)17-15-16-12-8-4-5-9-14(12)19-15/h1-9,13,18H,10H2,(H,16,17). The average molecular weight is 270 g/mol. The molecule has 4 heteroatoms. The Kier molecular flexibility index (Phi) is 3.44. The minimum absolute atomic E-state index is 0.0416. The first-order valence-electron chi connectivity index (χ1n) is 6.15. The molecule has 0 bridgehead atoms. The van der Waals surface area contributed by atoms with Crippen molar-refractivity contribution in [2.45, 2.75) is 6.04 Å². The first-order valence-corrected chi connectivity index (χ1v) is 6.96. The highest BCUT2D eigenvalue weighted by atomic mass is 32.1. The molecule has 0 radical (unpaired) electrons. The molecule has 19 heavy (non-hydrogen) atoms. The quantitative estimate of drug-likeness (QED) is 0.763. The van der Waals surface area contributed by atoms with Crippen molar-refractivity contribution in [3.63, 3.8) is 0 Å². The van der Waals surface area contributed by atoms with Crippen molar-refractivity contribution in [1.29, 1.82) is 0 Å². The van der Waals surface area contributed by atoms with Crippen LogP contribution in [0.2, 0.25) is 0 Å². The molecule has 3 rings (SSSR count). The van der Waals surface area contributed by atoms with Crippen molar-refractivity contribution in [3.8, 4) is 0 Å². The van der Waals surface area contributed by atoms with Crippen LogP contribution in [0.5, 0.6) is 0 Å². The van der Waals surface area contributed by atoms with Gasteiger partial charge in [0, 0.05) is 0 Å². The summed E-state index contributed by atoms with van der Waals surface area (Å²) >= 11 is 1.60. The third-order valence-corrected chi connectivity index (χ3v) is 3.94. The largest absolute Gasteiger partial charge is 0.394 e. The fourth-order valence-electron chi connectivity index (χ4n) is 2.00. The Morgan fingerprint density at radius 3 is 2.53 bits per heavy atom. The molecule has 96 valence electrons. The number of nitrogens with zero attached hydrogens (tertiary/aromatic N) is 1. The zero-order chi connectivity index (χ0) is 13.1. The summed E-state index contributed by atoms with van der Waals surface area (Å²) in [4.78, 5) is 4.52. The minimum atomic E-state index is -0.123. The predicted molar refractivity (Wildman–Crippen MR) is 79.5 cm³/mol. The van der Waals surface area contributed by atoms with Crippen molar-refractivity contribution in [2.75, 3.05) is 11.9 Å². The Hall–Kier alpha value is -1.91. The van der Waals surface area contributed by atoms with Crippen LogP contribution in [0.1, 0.15) is 11.6 Å². The number of para-hydroxylation sites is 1. The van der Waals surface area contributed by atoms with Gasteiger partial charge < -0.3 is 10.4 Å². The second kappa shape index (κ2) is 5.38. The Morgan fingerprint density at radius 2 is 1.79 bits per heavy atom. The molecule has 0 spiro atoms. The lowest BCUT2D eigenvalue weighted by Crippen LogP contribution is -2.14. The number of fused-ring (bicyclic) bond motifs is 1. The second-order valence-electron chi connectivity index (χ2n) is 4.28. The number of benzene rings is 2. The van der Waals surface area contributed by atoms with Crippen LogP contribution >= 0.6 is 11.3 Å². The van der Waals surface area contributed by atoms with Crippen LogP contribution in [0, 0.1) is 0 Å². The van der Waals surface area contributed by atoms with Crippen LogP contribution in [0.15, 0.2) is 54.6 Å². The van der Waals surface area contributed by atoms with Gasteiger partial charge in [0.05, 0.1) is 22.9 Å². The maximum Gasteiger partial charge on any atom is 0.184 e. The summed E-state index contributed by atoms with van der Waals surface area (Å²) in [7, 11) is 0. The summed E-state index contributed by atoms with van der Waals surface area (Å²) in [6.45, 7) is 0.0416. The van der Waals surface area contributed by atoms with E-state index in [0.29, 0.717) is 0 Å². The van der Waals surface area contributed by atoms with Gasteiger partial charge in [0.25, 0.3) is 0 Å². The number of aliphatic hydroxyl groups excluding tert-OH is 1. The Labute approximate surface area is 115 Å². The van der Waals surface area contributed by atoms with Gasteiger partial charge in [-0.25, -0.2) is 4.98 Å². The third-order valence-electron chi connectivity index (χ3n) is 2.98. The average Bonchev–Trinajstić information content (AvgIpc) is 2.88. The number of aliphatic hydroxyl groups is 1. The zero-order valence-corrected chi connectivity index (χ0v) is 11.1. The van der Waals surface area contributed by atoms with Crippen LogP contribution in [-0.2, 0) is 0 Å². The predicted octanol–water partition coefficient (Wildman–Crippen LogP) is 3.44. The number of aromatic nitrogens is 1. The molecule has 3 aromatic rings. The van der Waals surface area contributed by atoms with Gasteiger partial charge in [-0.3, -0.25) is 0 Å². The maximum atomic E-state index is 9.53. The summed E-state index contributed by atoms with van der Waals surface area (Å²) in [5, 5.41) is 13.7. The summed E-state index contributed by atoms with van der Waals surface area (Å²) in [6.07, 6.45) is 0. The van der Waals surface area contributed by atoms with Gasteiger partial charge in [-0.1, -0.05) is 53.8 Å². The number of anilines is 1. The number of rotatable bonds is 4. The Morgan fingerprint density at radius 1 is 1.05 bits per heavy atom. The summed E-state index contributed by atoms with van der Waals surface area (Å²) in [5.74, 6) is 0. The van der Waals surface area contributed by atoms with E-state index in [2.05, 4.69) is 16.4 Å². The molecule has 0 saturated heterocycles. The smallest absolute Gasteiger partial charge is 0.184 e. The van der Waals surface area contributed by atoms with Crippen LogP contribution in [-0.4, -0.2) is 16.7 Å². The second-order valence-corrected chi connectivity index (χ2v) is 5.31. The van der Waals surface area contributed by atoms with Gasteiger partial charge in [-0.15, -0.1) is 0 Å². The van der Waals surface area contributed by atoms with Crippen molar-refractivity contribution < 1.29 is 5.11 Å². The van der Waals surface area contributed by atoms with Crippen LogP contribution < -0.4 is 5.32 Å². The SMILES string of the molecule is OCC(Nc1nc2ccccc2s1)c1ccccc1. The molecule has 2 aromatic carbocycles. The summed E-state index contributed by atoms with van der Waals surface area (Å²) in [6, 6.07) is 17.8. The molecule has 0 fully saturated rings. The van der Waals surface area contributed by atoms with Gasteiger partial charge in [0.15, 0.2) is 5.13 Å². The number of thiazole rings is 1. The molecular weight excluding hydrogens is 256 g/mol.